The first-order valence-corrected chi connectivity index (χ1v) is 9.80. The molecule has 0 bridgehead atoms. The number of nitrogens with zero attached hydrogens (tertiary/aromatic N) is 3. The lowest BCUT2D eigenvalue weighted by Gasteiger charge is -2.18. The predicted octanol–water partition coefficient (Wildman–Crippen LogP) is 2.17. The summed E-state index contributed by atoms with van der Waals surface area (Å²) < 4.78 is 17.6. The van der Waals surface area contributed by atoms with Gasteiger partial charge in [0.15, 0.2) is 17.3 Å². The molecule has 2 heterocycles. The van der Waals surface area contributed by atoms with E-state index in [1.54, 1.807) is 25.3 Å². The van der Waals surface area contributed by atoms with Crippen molar-refractivity contribution < 1.29 is 19.0 Å². The number of carbonyl (C=O) groups excluding carboxylic acids is 1. The highest BCUT2D eigenvalue weighted by atomic mass is 32.2. The number of amides is 1. The summed E-state index contributed by atoms with van der Waals surface area (Å²) in [5.41, 5.74) is 1.40. The molecule has 2 aromatic carbocycles. The van der Waals surface area contributed by atoms with E-state index in [1.807, 2.05) is 24.3 Å². The predicted molar refractivity (Wildman–Crippen MR) is 109 cm³/mol. The quantitative estimate of drug-likeness (QED) is 0.467. The second-order valence-corrected chi connectivity index (χ2v) is 7.05. The fourth-order valence-electron chi connectivity index (χ4n) is 2.78. The van der Waals surface area contributed by atoms with Gasteiger partial charge in [-0.3, -0.25) is 4.79 Å². The summed E-state index contributed by atoms with van der Waals surface area (Å²) in [6.07, 6.45) is 0. The number of hydrogen-bond donors (Lipinski definition) is 2. The van der Waals surface area contributed by atoms with Crippen LogP contribution in [0.25, 0.3) is 11.4 Å². The van der Waals surface area contributed by atoms with E-state index in [1.165, 1.54) is 16.4 Å². The number of fused-ring (bicyclic) bond motifs is 1. The number of benzene rings is 2. The van der Waals surface area contributed by atoms with E-state index >= 15 is 0 Å². The average Bonchev–Trinajstić information content (AvgIpc) is 3.12. The Morgan fingerprint density at radius 3 is 2.86 bits per heavy atom. The highest BCUT2D eigenvalue weighted by Crippen LogP contribution is 2.32. The summed E-state index contributed by atoms with van der Waals surface area (Å²) in [6, 6.07) is 12.6. The lowest BCUT2D eigenvalue weighted by Crippen LogP contribution is -2.18. The number of methoxy groups -OCH3 is 1. The molecule has 3 aromatic rings. The van der Waals surface area contributed by atoms with Gasteiger partial charge in [0.1, 0.15) is 19.0 Å². The molecule has 0 unspecified atom stereocenters. The lowest BCUT2D eigenvalue weighted by molar-refractivity contribution is -0.113. The number of rotatable bonds is 6. The lowest BCUT2D eigenvalue weighted by atomic mass is 10.2. The molecule has 0 radical (unpaired) electrons. The Morgan fingerprint density at radius 2 is 2.03 bits per heavy atom. The number of aromatic nitrogens is 3. The second kappa shape index (κ2) is 8.31. The van der Waals surface area contributed by atoms with Crippen LogP contribution in [0.4, 0.5) is 5.69 Å². The van der Waals surface area contributed by atoms with Crippen molar-refractivity contribution in [3.8, 4) is 28.6 Å². The maximum atomic E-state index is 12.3. The number of nitrogens with two attached hydrogens (primary N) is 1. The van der Waals surface area contributed by atoms with Crippen LogP contribution in [-0.2, 0) is 4.79 Å². The first-order valence-electron chi connectivity index (χ1n) is 8.81. The summed E-state index contributed by atoms with van der Waals surface area (Å²) in [5, 5.41) is 11.5. The Bertz CT molecular complexity index is 1040. The van der Waals surface area contributed by atoms with Crippen LogP contribution >= 0.6 is 11.8 Å². The topological polar surface area (TPSA) is 114 Å². The number of thioether (sulfide) groups is 1. The molecule has 29 heavy (non-hydrogen) atoms. The first-order chi connectivity index (χ1) is 14.1. The second-order valence-electron chi connectivity index (χ2n) is 6.10. The molecule has 1 aromatic heterocycles. The van der Waals surface area contributed by atoms with Crippen molar-refractivity contribution in [3.05, 3.63) is 42.5 Å². The number of carbonyl (C=O) groups is 1. The van der Waals surface area contributed by atoms with Crippen LogP contribution < -0.4 is 25.4 Å². The van der Waals surface area contributed by atoms with E-state index in [0.717, 1.165) is 5.56 Å². The molecular weight excluding hydrogens is 394 g/mol. The largest absolute Gasteiger partial charge is 0.497 e. The van der Waals surface area contributed by atoms with Gasteiger partial charge in [0.05, 0.1) is 12.9 Å². The van der Waals surface area contributed by atoms with Crippen molar-refractivity contribution in [2.45, 2.75) is 5.16 Å². The SMILES string of the molecule is COc1cccc(-c2nnc(SCC(=O)Nc3ccc4c(c3)OCCO4)n2N)c1. The summed E-state index contributed by atoms with van der Waals surface area (Å²) in [6.45, 7) is 1.01. The van der Waals surface area contributed by atoms with Gasteiger partial charge in [0.2, 0.25) is 11.1 Å². The Kier molecular flexibility index (Phi) is 5.43. The monoisotopic (exact) mass is 413 g/mol. The van der Waals surface area contributed by atoms with Gasteiger partial charge in [-0.15, -0.1) is 10.2 Å². The normalized spacial score (nSPS) is 12.4. The number of anilines is 1. The third-order valence-electron chi connectivity index (χ3n) is 4.15. The minimum atomic E-state index is -0.197. The molecule has 0 spiro atoms. The van der Waals surface area contributed by atoms with Gasteiger partial charge in [0, 0.05) is 17.3 Å². The summed E-state index contributed by atoms with van der Waals surface area (Å²) in [5.74, 6) is 8.51. The summed E-state index contributed by atoms with van der Waals surface area (Å²) in [7, 11) is 1.59. The van der Waals surface area contributed by atoms with Crippen LogP contribution in [0, 0.1) is 0 Å². The highest BCUT2D eigenvalue weighted by Gasteiger charge is 2.16. The van der Waals surface area contributed by atoms with Crippen molar-refractivity contribution in [1.29, 1.82) is 0 Å². The molecule has 0 saturated heterocycles. The number of nitrogens with one attached hydrogen (secondary N) is 1. The zero-order chi connectivity index (χ0) is 20.2. The van der Waals surface area contributed by atoms with Gasteiger partial charge in [-0.2, -0.15) is 0 Å². The van der Waals surface area contributed by atoms with Crippen molar-refractivity contribution in [2.75, 3.05) is 37.2 Å². The molecule has 3 N–H and O–H groups in total. The van der Waals surface area contributed by atoms with Crippen molar-refractivity contribution in [3.63, 3.8) is 0 Å². The zero-order valence-corrected chi connectivity index (χ0v) is 16.4. The smallest absolute Gasteiger partial charge is 0.234 e. The first kappa shape index (κ1) is 18.9. The Hall–Kier alpha value is -3.40. The Labute approximate surface area is 171 Å². The van der Waals surface area contributed by atoms with Crippen LogP contribution in [0.2, 0.25) is 0 Å². The zero-order valence-electron chi connectivity index (χ0n) is 15.6. The van der Waals surface area contributed by atoms with Gasteiger partial charge in [-0.25, -0.2) is 4.68 Å². The van der Waals surface area contributed by atoms with E-state index in [4.69, 9.17) is 20.1 Å². The molecule has 10 heteroatoms. The molecular formula is C19H19N5O4S. The van der Waals surface area contributed by atoms with E-state index in [-0.39, 0.29) is 11.7 Å². The molecule has 1 aliphatic heterocycles. The summed E-state index contributed by atoms with van der Waals surface area (Å²) in [4.78, 5) is 12.3. The minimum Gasteiger partial charge on any atom is -0.497 e. The Morgan fingerprint density at radius 1 is 1.21 bits per heavy atom. The molecule has 150 valence electrons. The number of ether oxygens (including phenoxy) is 3. The van der Waals surface area contributed by atoms with Crippen molar-refractivity contribution in [1.82, 2.24) is 14.9 Å². The Balaban J connectivity index is 1.39. The molecule has 9 nitrogen and oxygen atoms in total. The van der Waals surface area contributed by atoms with E-state index in [0.29, 0.717) is 47.1 Å². The van der Waals surface area contributed by atoms with Gasteiger partial charge >= 0.3 is 0 Å². The molecule has 0 aliphatic carbocycles. The van der Waals surface area contributed by atoms with Crippen LogP contribution in [-0.4, -0.2) is 46.9 Å². The van der Waals surface area contributed by atoms with Gasteiger partial charge in [0.25, 0.3) is 0 Å². The molecule has 1 aliphatic rings. The maximum absolute atomic E-state index is 12.3. The van der Waals surface area contributed by atoms with Crippen LogP contribution in [0.15, 0.2) is 47.6 Å². The molecule has 0 saturated carbocycles. The van der Waals surface area contributed by atoms with Gasteiger partial charge in [-0.05, 0) is 24.3 Å². The third kappa shape index (κ3) is 4.21. The molecule has 1 amide bonds. The van der Waals surface area contributed by atoms with Crippen LogP contribution in [0.3, 0.4) is 0 Å². The van der Waals surface area contributed by atoms with E-state index in [9.17, 15) is 4.79 Å². The summed E-state index contributed by atoms with van der Waals surface area (Å²) >= 11 is 1.19. The standard InChI is InChI=1S/C19H19N5O4S/c1-26-14-4-2-3-12(9-14)18-22-23-19(24(18)20)29-11-17(25)21-13-5-6-15-16(10-13)28-8-7-27-15/h2-6,9-10H,7-8,11,20H2,1H3,(H,21,25). The molecule has 0 fully saturated rings. The van der Waals surface area contributed by atoms with E-state index in [2.05, 4.69) is 15.5 Å². The average molecular weight is 413 g/mol. The third-order valence-corrected chi connectivity index (χ3v) is 5.09. The fraction of sp³-hybridized carbons (Fsp3) is 0.211. The maximum Gasteiger partial charge on any atom is 0.234 e. The van der Waals surface area contributed by atoms with Crippen LogP contribution in [0.1, 0.15) is 0 Å². The fourth-order valence-corrected chi connectivity index (χ4v) is 3.44. The van der Waals surface area contributed by atoms with Crippen molar-refractivity contribution in [2.24, 2.45) is 0 Å². The van der Waals surface area contributed by atoms with Crippen molar-refractivity contribution >= 4 is 23.4 Å². The highest BCUT2D eigenvalue weighted by molar-refractivity contribution is 7.99. The number of nitrogen functional groups attached to an aromatic ring is 1. The number of hydrogen-bond acceptors (Lipinski definition) is 8. The van der Waals surface area contributed by atoms with Crippen LogP contribution in [0.5, 0.6) is 17.2 Å². The molecule has 4 rings (SSSR count). The van der Waals surface area contributed by atoms with Gasteiger partial charge < -0.3 is 25.4 Å². The van der Waals surface area contributed by atoms with Gasteiger partial charge in [-0.1, -0.05) is 23.9 Å². The minimum absolute atomic E-state index is 0.127. The van der Waals surface area contributed by atoms with E-state index < -0.39 is 0 Å². The molecule has 0 atom stereocenters.